The Balaban J connectivity index is 1.09. The summed E-state index contributed by atoms with van der Waals surface area (Å²) in [6.45, 7) is 0.582. The van der Waals surface area contributed by atoms with Crippen molar-refractivity contribution in [1.29, 1.82) is 0 Å². The highest BCUT2D eigenvalue weighted by molar-refractivity contribution is 7.96. The van der Waals surface area contributed by atoms with Crippen LogP contribution in [-0.2, 0) is 35.8 Å². The summed E-state index contributed by atoms with van der Waals surface area (Å²) in [5.74, 6) is -0.809. The minimum atomic E-state index is -3.97. The monoisotopic (exact) mass is 612 g/mol. The highest BCUT2D eigenvalue weighted by atomic mass is 32.2. The van der Waals surface area contributed by atoms with Crippen LogP contribution in [0.3, 0.4) is 0 Å². The van der Waals surface area contributed by atoms with Crippen LogP contribution in [0.5, 0.6) is 0 Å². The van der Waals surface area contributed by atoms with Crippen molar-refractivity contribution in [1.82, 2.24) is 0 Å². The largest absolute Gasteiger partial charge is 0.373 e. The van der Waals surface area contributed by atoms with Crippen LogP contribution in [0, 0.1) is 23.7 Å². The van der Waals surface area contributed by atoms with Crippen LogP contribution in [0.4, 0.5) is 0 Å². The summed E-state index contributed by atoms with van der Waals surface area (Å²) in [6.07, 6.45) is 6.84. The molecule has 0 aromatic heterocycles. The molecule has 3 aromatic rings. The van der Waals surface area contributed by atoms with Crippen molar-refractivity contribution in [2.75, 3.05) is 0 Å². The minimum absolute atomic E-state index is 0.00794. The maximum atomic E-state index is 14.4. The number of hydrogen-bond donors (Lipinski definition) is 0. The predicted molar refractivity (Wildman–Crippen MR) is 160 cm³/mol. The zero-order valence-electron chi connectivity index (χ0n) is 23.5. The molecular weight excluding hydrogens is 581 g/mol. The Hall–Kier alpha value is -3.04. The van der Waals surface area contributed by atoms with Crippen LogP contribution >= 0.6 is 0 Å². The molecule has 8 atom stereocenters. The number of epoxide rings is 1. The normalized spacial score (nSPS) is 38.2. The fourth-order valence-electron chi connectivity index (χ4n) is 9.66. The first-order valence-electron chi connectivity index (χ1n) is 15.1. The molecule has 0 radical (unpaired) electrons. The molecule has 1 heterocycles. The average Bonchev–Trinajstić information content (AvgIpc) is 3.27. The Morgan fingerprint density at radius 2 is 1.14 bits per heavy atom. The van der Waals surface area contributed by atoms with E-state index in [9.17, 15) is 16.8 Å². The smallest absolute Gasteiger partial charge is 0.182 e. The highest BCUT2D eigenvalue weighted by Crippen LogP contribution is 2.85. The first-order valence-corrected chi connectivity index (χ1v) is 18.2. The first-order chi connectivity index (χ1) is 20.8. The molecule has 9 rings (SSSR count). The highest BCUT2D eigenvalue weighted by Gasteiger charge is 2.96. The van der Waals surface area contributed by atoms with E-state index in [1.54, 1.807) is 60.7 Å². The fraction of sp³-hybridized carbons (Fsp3) is 0.371. The van der Waals surface area contributed by atoms with Crippen LogP contribution < -0.4 is 0 Å². The summed E-state index contributed by atoms with van der Waals surface area (Å²) in [7, 11) is -7.94. The van der Waals surface area contributed by atoms with E-state index in [1.165, 1.54) is 11.1 Å². The molecule has 4 saturated carbocycles. The Labute approximate surface area is 252 Å². The van der Waals surface area contributed by atoms with Crippen molar-refractivity contribution < 1.29 is 26.3 Å². The lowest BCUT2D eigenvalue weighted by atomic mass is 9.73. The molecular formula is C35H32O6S2. The summed E-state index contributed by atoms with van der Waals surface area (Å²) < 4.78 is 70.6. The molecule has 5 aliphatic carbocycles. The van der Waals surface area contributed by atoms with Crippen LogP contribution in [0.15, 0.2) is 124 Å². The van der Waals surface area contributed by atoms with Crippen molar-refractivity contribution in [3.05, 3.63) is 120 Å². The molecule has 0 spiro atoms. The quantitative estimate of drug-likeness (QED) is 0.265. The van der Waals surface area contributed by atoms with E-state index in [4.69, 9.17) is 9.47 Å². The molecule has 8 heteroatoms. The summed E-state index contributed by atoms with van der Waals surface area (Å²) in [4.78, 5) is 0.358. The molecule has 6 aliphatic rings. The number of benzene rings is 3. The molecule has 3 aromatic carbocycles. The Bertz CT molecular complexity index is 1790. The lowest BCUT2D eigenvalue weighted by Gasteiger charge is -2.36. The van der Waals surface area contributed by atoms with Gasteiger partial charge in [0, 0.05) is 23.7 Å². The third kappa shape index (κ3) is 3.25. The molecule has 5 fully saturated rings. The van der Waals surface area contributed by atoms with E-state index in [-0.39, 0.29) is 27.7 Å². The fourth-order valence-corrected chi connectivity index (χ4v) is 14.8. The van der Waals surface area contributed by atoms with E-state index in [2.05, 4.69) is 24.3 Å². The summed E-state index contributed by atoms with van der Waals surface area (Å²) in [6, 6.07) is 26.9. The van der Waals surface area contributed by atoms with E-state index >= 15 is 0 Å². The lowest BCUT2D eigenvalue weighted by Crippen LogP contribution is -2.54. The van der Waals surface area contributed by atoms with Crippen molar-refractivity contribution in [3.63, 3.8) is 0 Å². The average molecular weight is 613 g/mol. The van der Waals surface area contributed by atoms with Crippen molar-refractivity contribution in [2.24, 2.45) is 23.7 Å². The van der Waals surface area contributed by atoms with Gasteiger partial charge in [0.1, 0.15) is 11.2 Å². The van der Waals surface area contributed by atoms with Gasteiger partial charge in [0.15, 0.2) is 19.7 Å². The molecule has 4 bridgehead atoms. The van der Waals surface area contributed by atoms with Gasteiger partial charge in [-0.1, -0.05) is 90.0 Å². The van der Waals surface area contributed by atoms with Gasteiger partial charge in [-0.25, -0.2) is 16.8 Å². The SMILES string of the molecule is O=S(=O)(c1ccccc1)C1C2CC(C1S(=O)(=O)c1ccccc1)C13OC21C1C=CC3C1=C1CC(OCc2ccccc2)C1. The molecule has 0 N–H and O–H groups in total. The van der Waals surface area contributed by atoms with Crippen LogP contribution in [0.2, 0.25) is 0 Å². The van der Waals surface area contributed by atoms with E-state index in [1.807, 2.05) is 18.2 Å². The maximum absolute atomic E-state index is 14.4. The third-order valence-electron chi connectivity index (χ3n) is 11.3. The zero-order valence-corrected chi connectivity index (χ0v) is 25.1. The second kappa shape index (κ2) is 8.78. The number of fused-ring (bicyclic) bond motifs is 4. The molecule has 1 saturated heterocycles. The maximum Gasteiger partial charge on any atom is 0.182 e. The van der Waals surface area contributed by atoms with Gasteiger partial charge in [0.25, 0.3) is 0 Å². The van der Waals surface area contributed by atoms with Crippen molar-refractivity contribution >= 4 is 19.7 Å². The van der Waals surface area contributed by atoms with E-state index in [0.717, 1.165) is 18.4 Å². The molecule has 43 heavy (non-hydrogen) atoms. The Morgan fingerprint density at radius 1 is 0.674 bits per heavy atom. The minimum Gasteiger partial charge on any atom is -0.373 e. The summed E-state index contributed by atoms with van der Waals surface area (Å²) in [5, 5.41) is -2.13. The van der Waals surface area contributed by atoms with Crippen molar-refractivity contribution in [3.8, 4) is 0 Å². The number of hydrogen-bond acceptors (Lipinski definition) is 6. The van der Waals surface area contributed by atoms with Gasteiger partial charge in [0.05, 0.1) is 33.0 Å². The van der Waals surface area contributed by atoms with Crippen molar-refractivity contribution in [2.45, 2.75) is 63.5 Å². The molecule has 0 amide bonds. The second-order valence-corrected chi connectivity index (χ2v) is 17.2. The van der Waals surface area contributed by atoms with Gasteiger partial charge in [-0.05, 0) is 49.1 Å². The second-order valence-electron chi connectivity index (χ2n) is 13.0. The predicted octanol–water partition coefficient (Wildman–Crippen LogP) is 5.32. The van der Waals surface area contributed by atoms with Crippen LogP contribution in [0.1, 0.15) is 24.8 Å². The van der Waals surface area contributed by atoms with Crippen LogP contribution in [0.25, 0.3) is 0 Å². The van der Waals surface area contributed by atoms with Gasteiger partial charge < -0.3 is 9.47 Å². The standard InChI is InChI=1S/C35H32O6S2/c36-42(37,25-12-6-2-7-13-25)32-29-20-30(33(32)43(38,39)26-14-8-3-9-15-26)35-28-17-16-27(34(29,35)41-35)31(28)23-18-24(19-23)40-21-22-10-4-1-5-11-22/h1-17,24,27-30,32-33H,18-21H2. The molecule has 6 nitrogen and oxygen atoms in total. The molecule has 220 valence electrons. The number of ether oxygens (including phenoxy) is 2. The Morgan fingerprint density at radius 3 is 1.63 bits per heavy atom. The number of rotatable bonds is 7. The third-order valence-corrected chi connectivity index (χ3v) is 16.0. The van der Waals surface area contributed by atoms with Gasteiger partial charge in [0.2, 0.25) is 0 Å². The number of sulfone groups is 2. The van der Waals surface area contributed by atoms with Crippen LogP contribution in [-0.4, -0.2) is 44.6 Å². The van der Waals surface area contributed by atoms with E-state index < -0.39 is 53.2 Å². The zero-order chi connectivity index (χ0) is 29.2. The van der Waals surface area contributed by atoms with Gasteiger partial charge in [-0.3, -0.25) is 0 Å². The topological polar surface area (TPSA) is 90.0 Å². The lowest BCUT2D eigenvalue weighted by molar-refractivity contribution is 0.0143. The molecule has 1 aliphatic heterocycles. The van der Waals surface area contributed by atoms with Gasteiger partial charge >= 0.3 is 0 Å². The first kappa shape index (κ1) is 26.4. The van der Waals surface area contributed by atoms with Gasteiger partial charge in [-0.15, -0.1) is 0 Å². The van der Waals surface area contributed by atoms with E-state index in [0.29, 0.717) is 13.0 Å². The van der Waals surface area contributed by atoms with Gasteiger partial charge in [-0.2, -0.15) is 0 Å². The molecule has 8 unspecified atom stereocenters. The Kier molecular flexibility index (Phi) is 5.38. The summed E-state index contributed by atoms with van der Waals surface area (Å²) >= 11 is 0. The summed E-state index contributed by atoms with van der Waals surface area (Å²) in [5.41, 5.74) is 2.57.